The number of aryl methyl sites for hydroxylation is 1. The van der Waals surface area contributed by atoms with Gasteiger partial charge in [-0.1, -0.05) is 11.6 Å². The topological polar surface area (TPSA) is 48.1 Å². The van der Waals surface area contributed by atoms with Crippen molar-refractivity contribution < 1.29 is 9.13 Å². The lowest BCUT2D eigenvalue weighted by atomic mass is 10.1. The van der Waals surface area contributed by atoms with E-state index in [1.807, 2.05) is 12.1 Å². The van der Waals surface area contributed by atoms with Crippen molar-refractivity contribution >= 4 is 17.3 Å². The third-order valence-electron chi connectivity index (χ3n) is 2.67. The molecule has 1 aromatic heterocycles. The van der Waals surface area contributed by atoms with Crippen LogP contribution in [0.1, 0.15) is 12.0 Å². The van der Waals surface area contributed by atoms with E-state index in [0.29, 0.717) is 18.0 Å². The second-order valence-electron chi connectivity index (χ2n) is 4.11. The lowest BCUT2D eigenvalue weighted by Crippen LogP contribution is -2.02. The number of pyridine rings is 1. The van der Waals surface area contributed by atoms with E-state index in [4.69, 9.17) is 22.1 Å². The average molecular weight is 281 g/mol. The van der Waals surface area contributed by atoms with Crippen molar-refractivity contribution in [2.75, 3.05) is 12.3 Å². The van der Waals surface area contributed by atoms with Crippen molar-refractivity contribution in [1.29, 1.82) is 0 Å². The third-order valence-corrected chi connectivity index (χ3v) is 2.96. The van der Waals surface area contributed by atoms with Crippen LogP contribution in [0.3, 0.4) is 0 Å². The van der Waals surface area contributed by atoms with E-state index in [9.17, 15) is 4.39 Å². The van der Waals surface area contributed by atoms with Gasteiger partial charge in [0.25, 0.3) is 0 Å². The molecule has 0 saturated carbocycles. The van der Waals surface area contributed by atoms with Gasteiger partial charge >= 0.3 is 0 Å². The highest BCUT2D eigenvalue weighted by atomic mass is 35.5. The Kier molecular flexibility index (Phi) is 4.58. The second kappa shape index (κ2) is 6.38. The summed E-state index contributed by atoms with van der Waals surface area (Å²) in [6.07, 6.45) is 5.19. The molecule has 2 rings (SSSR count). The molecule has 0 atom stereocenters. The number of rotatable bonds is 5. The van der Waals surface area contributed by atoms with Crippen LogP contribution in [0.15, 0.2) is 36.7 Å². The first-order chi connectivity index (χ1) is 9.16. The highest BCUT2D eigenvalue weighted by Gasteiger charge is 2.07. The fourth-order valence-electron chi connectivity index (χ4n) is 1.68. The minimum atomic E-state index is -0.528. The van der Waals surface area contributed by atoms with Gasteiger partial charge in [0.1, 0.15) is 11.6 Å². The first kappa shape index (κ1) is 13.6. The largest absolute Gasteiger partial charge is 0.491 e. The van der Waals surface area contributed by atoms with Gasteiger partial charge in [0.15, 0.2) is 0 Å². The van der Waals surface area contributed by atoms with Gasteiger partial charge in [-0.3, -0.25) is 4.98 Å². The van der Waals surface area contributed by atoms with Crippen LogP contribution >= 0.6 is 11.6 Å². The van der Waals surface area contributed by atoms with Crippen LogP contribution in [-0.2, 0) is 6.42 Å². The maximum absolute atomic E-state index is 13.3. The molecule has 2 aromatic rings. The van der Waals surface area contributed by atoms with Crippen molar-refractivity contribution in [2.24, 2.45) is 0 Å². The van der Waals surface area contributed by atoms with Crippen LogP contribution in [-0.4, -0.2) is 11.6 Å². The molecule has 0 bridgehead atoms. The van der Waals surface area contributed by atoms with E-state index >= 15 is 0 Å². The molecule has 0 amide bonds. The minimum absolute atomic E-state index is 0.00151. The number of aromatic nitrogens is 1. The Bertz CT molecular complexity index is 549. The number of ether oxygens (including phenoxy) is 1. The van der Waals surface area contributed by atoms with Crippen LogP contribution in [0.2, 0.25) is 5.02 Å². The fourth-order valence-corrected chi connectivity index (χ4v) is 1.85. The Morgan fingerprint density at radius 2 is 2.00 bits per heavy atom. The van der Waals surface area contributed by atoms with Crippen LogP contribution < -0.4 is 10.5 Å². The van der Waals surface area contributed by atoms with Gasteiger partial charge in [0, 0.05) is 18.5 Å². The van der Waals surface area contributed by atoms with Crippen LogP contribution in [0.4, 0.5) is 10.1 Å². The molecular formula is C14H14ClFN2O. The molecule has 100 valence electrons. The number of nitrogen functional groups attached to an aromatic ring is 1. The molecule has 0 unspecified atom stereocenters. The minimum Gasteiger partial charge on any atom is -0.491 e. The van der Waals surface area contributed by atoms with Crippen LogP contribution in [0.5, 0.6) is 5.75 Å². The number of halogens is 2. The Hall–Kier alpha value is -1.81. The average Bonchev–Trinajstić information content (AvgIpc) is 2.41. The van der Waals surface area contributed by atoms with Crippen molar-refractivity contribution in [1.82, 2.24) is 4.98 Å². The van der Waals surface area contributed by atoms with E-state index in [1.165, 1.54) is 17.7 Å². The quantitative estimate of drug-likeness (QED) is 0.674. The predicted molar refractivity (Wildman–Crippen MR) is 73.9 cm³/mol. The molecule has 3 nitrogen and oxygen atoms in total. The number of anilines is 1. The summed E-state index contributed by atoms with van der Waals surface area (Å²) >= 11 is 5.61. The summed E-state index contributed by atoms with van der Waals surface area (Å²) in [6.45, 7) is 0.466. The number of benzene rings is 1. The van der Waals surface area contributed by atoms with Crippen LogP contribution in [0, 0.1) is 5.82 Å². The van der Waals surface area contributed by atoms with E-state index in [1.54, 1.807) is 12.4 Å². The molecule has 0 fully saturated rings. The zero-order valence-corrected chi connectivity index (χ0v) is 11.0. The summed E-state index contributed by atoms with van der Waals surface area (Å²) in [4.78, 5) is 3.95. The van der Waals surface area contributed by atoms with Gasteiger partial charge in [-0.15, -0.1) is 0 Å². The highest BCUT2D eigenvalue weighted by molar-refractivity contribution is 6.31. The summed E-state index contributed by atoms with van der Waals surface area (Å²) in [5.41, 5.74) is 7.23. The molecule has 2 N–H and O–H groups in total. The Balaban J connectivity index is 1.85. The number of nitrogens with two attached hydrogens (primary N) is 1. The zero-order chi connectivity index (χ0) is 13.7. The Labute approximate surface area is 116 Å². The maximum atomic E-state index is 13.3. The molecule has 1 aromatic carbocycles. The Morgan fingerprint density at radius 3 is 2.74 bits per heavy atom. The van der Waals surface area contributed by atoms with E-state index in [-0.39, 0.29) is 5.02 Å². The number of hydrogen-bond acceptors (Lipinski definition) is 3. The summed E-state index contributed by atoms with van der Waals surface area (Å²) < 4.78 is 18.7. The standard InChI is InChI=1S/C14H14ClFN2O/c15-11-8-13(17)14(9-12(11)16)19-7-1-2-10-3-5-18-6-4-10/h3-6,8-9H,1-2,7,17H2. The van der Waals surface area contributed by atoms with Gasteiger partial charge in [-0.2, -0.15) is 0 Å². The van der Waals surface area contributed by atoms with Crippen molar-refractivity contribution in [3.63, 3.8) is 0 Å². The van der Waals surface area contributed by atoms with Gasteiger partial charge in [-0.25, -0.2) is 4.39 Å². The summed E-state index contributed by atoms with van der Waals surface area (Å²) in [5, 5.41) is 0.00151. The van der Waals surface area contributed by atoms with Crippen molar-refractivity contribution in [3.8, 4) is 5.75 Å². The van der Waals surface area contributed by atoms with Gasteiger partial charge in [0.2, 0.25) is 0 Å². The smallest absolute Gasteiger partial charge is 0.145 e. The van der Waals surface area contributed by atoms with E-state index in [0.717, 1.165) is 12.8 Å². The molecular weight excluding hydrogens is 267 g/mol. The van der Waals surface area contributed by atoms with Gasteiger partial charge in [0.05, 0.1) is 17.3 Å². The first-order valence-electron chi connectivity index (χ1n) is 5.93. The van der Waals surface area contributed by atoms with Crippen LogP contribution in [0.25, 0.3) is 0 Å². The SMILES string of the molecule is Nc1cc(Cl)c(F)cc1OCCCc1ccncc1. The number of nitrogens with zero attached hydrogens (tertiary/aromatic N) is 1. The molecule has 0 aliphatic rings. The monoisotopic (exact) mass is 280 g/mol. The lowest BCUT2D eigenvalue weighted by Gasteiger charge is -2.09. The molecule has 19 heavy (non-hydrogen) atoms. The lowest BCUT2D eigenvalue weighted by molar-refractivity contribution is 0.311. The molecule has 5 heteroatoms. The summed E-state index contributed by atoms with van der Waals surface area (Å²) in [7, 11) is 0. The Morgan fingerprint density at radius 1 is 1.26 bits per heavy atom. The predicted octanol–water partition coefficient (Wildman–Crippen LogP) is 3.47. The second-order valence-corrected chi connectivity index (χ2v) is 4.52. The molecule has 0 spiro atoms. The normalized spacial score (nSPS) is 10.4. The molecule has 0 aliphatic heterocycles. The van der Waals surface area contributed by atoms with Crippen molar-refractivity contribution in [3.05, 3.63) is 53.1 Å². The first-order valence-corrected chi connectivity index (χ1v) is 6.31. The molecule has 0 radical (unpaired) electrons. The van der Waals surface area contributed by atoms with Gasteiger partial charge in [-0.05, 0) is 36.6 Å². The highest BCUT2D eigenvalue weighted by Crippen LogP contribution is 2.28. The molecule has 0 aliphatic carbocycles. The maximum Gasteiger partial charge on any atom is 0.145 e. The van der Waals surface area contributed by atoms with E-state index in [2.05, 4.69) is 4.98 Å². The third kappa shape index (κ3) is 3.83. The zero-order valence-electron chi connectivity index (χ0n) is 10.3. The molecule has 1 heterocycles. The summed E-state index contributed by atoms with van der Waals surface area (Å²) in [6, 6.07) is 6.48. The number of hydrogen-bond donors (Lipinski definition) is 1. The van der Waals surface area contributed by atoms with E-state index < -0.39 is 5.82 Å². The van der Waals surface area contributed by atoms with Gasteiger partial charge < -0.3 is 10.5 Å². The molecule has 0 saturated heterocycles. The van der Waals surface area contributed by atoms with Crippen molar-refractivity contribution in [2.45, 2.75) is 12.8 Å². The summed E-state index contributed by atoms with van der Waals surface area (Å²) in [5.74, 6) is -0.198. The fraction of sp³-hybridized carbons (Fsp3) is 0.214.